The highest BCUT2D eigenvalue weighted by Crippen LogP contribution is 2.40. The lowest BCUT2D eigenvalue weighted by atomic mass is 9.91. The van der Waals surface area contributed by atoms with Crippen molar-refractivity contribution in [2.45, 2.75) is 0 Å². The van der Waals surface area contributed by atoms with Gasteiger partial charge in [-0.1, -0.05) is 158 Å². The third-order valence-corrected chi connectivity index (χ3v) is 11.9. The van der Waals surface area contributed by atoms with E-state index in [1.807, 2.05) is 72.0 Å². The average molecular weight is 718 g/mol. The standard InChI is InChI=1S/C51H31N3S/c1-3-11-34(12-4-1)49-52-50(35-13-5-2-6-14-35)54-51(53-49)38-24-27-42-44-29-36(23-26-41(44)39-15-7-8-16-40(39)45(42)31-38)32-19-21-33(22-20-32)37-25-28-48-46(30-37)43-17-9-10-18-47(43)55-48/h1-31H. The Morgan fingerprint density at radius 1 is 0.236 bits per heavy atom. The van der Waals surface area contributed by atoms with E-state index in [1.54, 1.807) is 0 Å². The molecule has 0 aliphatic carbocycles. The summed E-state index contributed by atoms with van der Waals surface area (Å²) in [6, 6.07) is 67.1. The first-order chi connectivity index (χ1) is 27.2. The zero-order valence-corrected chi connectivity index (χ0v) is 30.5. The summed E-state index contributed by atoms with van der Waals surface area (Å²) in [5, 5.41) is 9.92. The lowest BCUT2D eigenvalue weighted by Gasteiger charge is -2.14. The molecule has 0 fully saturated rings. The van der Waals surface area contributed by atoms with E-state index in [4.69, 9.17) is 15.0 Å². The molecule has 0 spiro atoms. The Labute approximate surface area is 321 Å². The zero-order valence-electron chi connectivity index (χ0n) is 29.6. The third-order valence-electron chi connectivity index (χ3n) is 10.7. The topological polar surface area (TPSA) is 38.7 Å². The number of fused-ring (bicyclic) bond motifs is 9. The molecule has 2 heterocycles. The molecular weight excluding hydrogens is 687 g/mol. The van der Waals surface area contributed by atoms with Crippen molar-refractivity contribution in [3.05, 3.63) is 188 Å². The number of thiophene rings is 1. The molecule has 0 radical (unpaired) electrons. The van der Waals surface area contributed by atoms with E-state index < -0.39 is 0 Å². The van der Waals surface area contributed by atoms with E-state index in [2.05, 4.69) is 127 Å². The number of aromatic nitrogens is 3. The van der Waals surface area contributed by atoms with E-state index in [0.717, 1.165) is 16.7 Å². The monoisotopic (exact) mass is 717 g/mol. The van der Waals surface area contributed by atoms with Gasteiger partial charge in [0.25, 0.3) is 0 Å². The molecule has 11 aromatic rings. The fourth-order valence-corrected chi connectivity index (χ4v) is 9.06. The van der Waals surface area contributed by atoms with Gasteiger partial charge in [0.1, 0.15) is 0 Å². The van der Waals surface area contributed by atoms with Crippen LogP contribution in [0.25, 0.3) is 109 Å². The number of hydrogen-bond donors (Lipinski definition) is 0. The molecule has 4 heteroatoms. The molecule has 0 saturated heterocycles. The van der Waals surface area contributed by atoms with Crippen LogP contribution < -0.4 is 0 Å². The van der Waals surface area contributed by atoms with Gasteiger partial charge < -0.3 is 0 Å². The van der Waals surface area contributed by atoms with Crippen LogP contribution >= 0.6 is 11.3 Å². The largest absolute Gasteiger partial charge is 0.208 e. The zero-order chi connectivity index (χ0) is 36.3. The van der Waals surface area contributed by atoms with Gasteiger partial charge in [0, 0.05) is 36.9 Å². The summed E-state index contributed by atoms with van der Waals surface area (Å²) in [7, 11) is 0. The third kappa shape index (κ3) is 5.46. The summed E-state index contributed by atoms with van der Waals surface area (Å²) < 4.78 is 2.66. The van der Waals surface area contributed by atoms with Gasteiger partial charge in [0.05, 0.1) is 0 Å². The van der Waals surface area contributed by atoms with Crippen LogP contribution in [0.4, 0.5) is 0 Å². The second-order valence-electron chi connectivity index (χ2n) is 14.0. The lowest BCUT2D eigenvalue weighted by molar-refractivity contribution is 1.07. The highest BCUT2D eigenvalue weighted by atomic mass is 32.1. The van der Waals surface area contributed by atoms with Crippen molar-refractivity contribution in [2.75, 3.05) is 0 Å². The molecule has 0 aliphatic heterocycles. The minimum absolute atomic E-state index is 0.652. The van der Waals surface area contributed by atoms with Crippen molar-refractivity contribution in [3.63, 3.8) is 0 Å². The van der Waals surface area contributed by atoms with Crippen molar-refractivity contribution < 1.29 is 0 Å². The Balaban J connectivity index is 1.03. The van der Waals surface area contributed by atoms with Crippen LogP contribution in [0.3, 0.4) is 0 Å². The van der Waals surface area contributed by atoms with E-state index >= 15 is 0 Å². The van der Waals surface area contributed by atoms with Crippen LogP contribution in [0.2, 0.25) is 0 Å². The number of hydrogen-bond acceptors (Lipinski definition) is 4. The first-order valence-electron chi connectivity index (χ1n) is 18.5. The van der Waals surface area contributed by atoms with Crippen molar-refractivity contribution in [1.82, 2.24) is 15.0 Å². The molecule has 0 atom stereocenters. The Kier molecular flexibility index (Phi) is 7.35. The van der Waals surface area contributed by atoms with E-state index in [1.165, 1.54) is 74.7 Å². The molecule has 2 aromatic heterocycles. The Morgan fingerprint density at radius 3 is 1.24 bits per heavy atom. The summed E-state index contributed by atoms with van der Waals surface area (Å²) in [6.07, 6.45) is 0. The minimum atomic E-state index is 0.652. The normalized spacial score (nSPS) is 11.6. The summed E-state index contributed by atoms with van der Waals surface area (Å²) in [4.78, 5) is 15.0. The van der Waals surface area contributed by atoms with Crippen LogP contribution in [-0.2, 0) is 0 Å². The Morgan fingerprint density at radius 2 is 0.618 bits per heavy atom. The van der Waals surface area contributed by atoms with Crippen LogP contribution in [0, 0.1) is 0 Å². The van der Waals surface area contributed by atoms with Crippen LogP contribution in [0.5, 0.6) is 0 Å². The predicted octanol–water partition coefficient (Wildman–Crippen LogP) is 14.0. The maximum Gasteiger partial charge on any atom is 0.164 e. The molecular formula is C51H31N3S. The number of benzene rings is 9. The van der Waals surface area contributed by atoms with E-state index in [-0.39, 0.29) is 0 Å². The van der Waals surface area contributed by atoms with Gasteiger partial charge in [-0.3, -0.25) is 0 Å². The number of rotatable bonds is 5. The van der Waals surface area contributed by atoms with Crippen molar-refractivity contribution >= 4 is 63.8 Å². The molecule has 0 amide bonds. The minimum Gasteiger partial charge on any atom is -0.208 e. The van der Waals surface area contributed by atoms with Gasteiger partial charge in [0.2, 0.25) is 0 Å². The molecule has 256 valence electrons. The molecule has 9 aromatic carbocycles. The molecule has 3 nitrogen and oxygen atoms in total. The highest BCUT2D eigenvalue weighted by molar-refractivity contribution is 7.25. The van der Waals surface area contributed by atoms with Crippen LogP contribution in [0.1, 0.15) is 0 Å². The second-order valence-corrected chi connectivity index (χ2v) is 15.1. The van der Waals surface area contributed by atoms with Gasteiger partial charge in [-0.15, -0.1) is 11.3 Å². The first kappa shape index (κ1) is 31.5. The number of nitrogens with zero attached hydrogens (tertiary/aromatic N) is 3. The van der Waals surface area contributed by atoms with E-state index in [9.17, 15) is 0 Å². The van der Waals surface area contributed by atoms with Gasteiger partial charge in [-0.2, -0.15) is 0 Å². The van der Waals surface area contributed by atoms with Gasteiger partial charge in [0.15, 0.2) is 17.5 Å². The maximum absolute atomic E-state index is 5.04. The van der Waals surface area contributed by atoms with Crippen molar-refractivity contribution in [2.24, 2.45) is 0 Å². The maximum atomic E-state index is 5.04. The summed E-state index contributed by atoms with van der Waals surface area (Å²) >= 11 is 1.86. The molecule has 55 heavy (non-hydrogen) atoms. The molecule has 0 N–H and O–H groups in total. The summed E-state index contributed by atoms with van der Waals surface area (Å²) in [5.41, 5.74) is 7.70. The smallest absolute Gasteiger partial charge is 0.164 e. The molecule has 11 rings (SSSR count). The van der Waals surface area contributed by atoms with Crippen LogP contribution in [0.15, 0.2) is 188 Å². The van der Waals surface area contributed by atoms with Crippen LogP contribution in [-0.4, -0.2) is 15.0 Å². The lowest BCUT2D eigenvalue weighted by Crippen LogP contribution is -2.00. The highest BCUT2D eigenvalue weighted by Gasteiger charge is 2.16. The van der Waals surface area contributed by atoms with Gasteiger partial charge in [-0.25, -0.2) is 15.0 Å². The van der Waals surface area contributed by atoms with E-state index in [0.29, 0.717) is 17.5 Å². The average Bonchev–Trinajstić information content (AvgIpc) is 3.65. The molecule has 0 saturated carbocycles. The molecule has 0 bridgehead atoms. The van der Waals surface area contributed by atoms with Crippen molar-refractivity contribution in [3.8, 4) is 56.4 Å². The van der Waals surface area contributed by atoms with Gasteiger partial charge in [-0.05, 0) is 84.9 Å². The summed E-state index contributed by atoms with van der Waals surface area (Å²) in [6.45, 7) is 0. The first-order valence-corrected chi connectivity index (χ1v) is 19.3. The Bertz CT molecular complexity index is 3180. The molecule has 0 aliphatic rings. The fourth-order valence-electron chi connectivity index (χ4n) is 7.97. The SMILES string of the molecule is c1ccc(-c2nc(-c3ccccc3)nc(-c3ccc4c5cc(-c6ccc(-c7ccc8sc9ccccc9c8c7)cc6)ccc5c5ccccc5c4c3)n2)cc1. The van der Waals surface area contributed by atoms with Gasteiger partial charge >= 0.3 is 0 Å². The predicted molar refractivity (Wildman–Crippen MR) is 232 cm³/mol. The quantitative estimate of drug-likeness (QED) is 0.166. The second kappa shape index (κ2) is 12.8. The fraction of sp³-hybridized carbons (Fsp3) is 0. The molecule has 0 unspecified atom stereocenters. The summed E-state index contributed by atoms with van der Waals surface area (Å²) in [5.74, 6) is 1.96. The Hall–Kier alpha value is -7.01. The van der Waals surface area contributed by atoms with Crippen molar-refractivity contribution in [1.29, 1.82) is 0 Å².